The van der Waals surface area contributed by atoms with Gasteiger partial charge < -0.3 is 0 Å². The Balaban J connectivity index is 1.96. The zero-order chi connectivity index (χ0) is 13.8. The van der Waals surface area contributed by atoms with Crippen molar-refractivity contribution >= 4 is 11.4 Å². The standard InChI is InChI=1S/C19H27N/c1-15-8-7-10-17-14-16-9-5-3-2-4-6-11-18(13-12-16)20-19(15)17/h7-8,10,16H,2-6,9,11-14H2,1H3/b20-18-. The fourth-order valence-electron chi connectivity index (χ4n) is 3.76. The van der Waals surface area contributed by atoms with Crippen molar-refractivity contribution < 1.29 is 0 Å². The number of benzene rings is 1. The minimum Gasteiger partial charge on any atom is -0.257 e. The van der Waals surface area contributed by atoms with E-state index in [1.165, 1.54) is 86.7 Å². The van der Waals surface area contributed by atoms with Gasteiger partial charge in [0.25, 0.3) is 0 Å². The Kier molecular flexibility index (Phi) is 4.54. The van der Waals surface area contributed by atoms with E-state index < -0.39 is 0 Å². The lowest BCUT2D eigenvalue weighted by atomic mass is 9.87. The van der Waals surface area contributed by atoms with Crippen molar-refractivity contribution in [3.05, 3.63) is 29.3 Å². The highest BCUT2D eigenvalue weighted by Gasteiger charge is 2.18. The average molecular weight is 269 g/mol. The third-order valence-corrected chi connectivity index (χ3v) is 5.02. The molecule has 0 amide bonds. The number of nitrogens with zero attached hydrogens (tertiary/aromatic N) is 1. The smallest absolute Gasteiger partial charge is 0.0690 e. The highest BCUT2D eigenvalue weighted by atomic mass is 14.8. The first kappa shape index (κ1) is 13.9. The molecular formula is C19H27N. The summed E-state index contributed by atoms with van der Waals surface area (Å²) < 4.78 is 0. The molecule has 1 atom stereocenters. The Morgan fingerprint density at radius 3 is 2.75 bits per heavy atom. The molecule has 1 aromatic rings. The zero-order valence-electron chi connectivity index (χ0n) is 12.8. The van der Waals surface area contributed by atoms with Gasteiger partial charge in [0.1, 0.15) is 0 Å². The first-order valence-corrected chi connectivity index (χ1v) is 8.48. The Hall–Kier alpha value is -1.11. The van der Waals surface area contributed by atoms with Gasteiger partial charge in [0.15, 0.2) is 0 Å². The van der Waals surface area contributed by atoms with Crippen LogP contribution in [-0.4, -0.2) is 5.71 Å². The van der Waals surface area contributed by atoms with Crippen molar-refractivity contribution in [3.63, 3.8) is 0 Å². The Labute approximate surface area is 123 Å². The summed E-state index contributed by atoms with van der Waals surface area (Å²) in [7, 11) is 0. The first-order chi connectivity index (χ1) is 9.83. The van der Waals surface area contributed by atoms with E-state index in [1.54, 1.807) is 0 Å². The van der Waals surface area contributed by atoms with Crippen LogP contribution in [-0.2, 0) is 6.42 Å². The largest absolute Gasteiger partial charge is 0.257 e. The summed E-state index contributed by atoms with van der Waals surface area (Å²) in [5.74, 6) is 0.874. The molecule has 2 bridgehead atoms. The molecule has 0 aromatic heterocycles. The Bertz CT molecular complexity index is 487. The van der Waals surface area contributed by atoms with Gasteiger partial charge in [-0.2, -0.15) is 0 Å². The van der Waals surface area contributed by atoms with Crippen molar-refractivity contribution in [3.8, 4) is 0 Å². The number of aliphatic imine (C=N–C) groups is 1. The maximum absolute atomic E-state index is 5.08. The van der Waals surface area contributed by atoms with E-state index in [9.17, 15) is 0 Å². The molecule has 1 saturated carbocycles. The molecule has 0 radical (unpaired) electrons. The summed E-state index contributed by atoms with van der Waals surface area (Å²) in [5.41, 5.74) is 5.61. The van der Waals surface area contributed by atoms with Crippen molar-refractivity contribution in [2.24, 2.45) is 10.9 Å². The molecule has 1 unspecified atom stereocenters. The molecule has 2 aliphatic rings. The topological polar surface area (TPSA) is 12.4 Å². The van der Waals surface area contributed by atoms with Gasteiger partial charge in [0.05, 0.1) is 5.69 Å². The van der Waals surface area contributed by atoms with Crippen LogP contribution in [0.15, 0.2) is 23.2 Å². The summed E-state index contributed by atoms with van der Waals surface area (Å²) in [6.07, 6.45) is 13.5. The van der Waals surface area contributed by atoms with Crippen LogP contribution in [0.4, 0.5) is 5.69 Å². The Morgan fingerprint density at radius 2 is 1.80 bits per heavy atom. The van der Waals surface area contributed by atoms with E-state index in [4.69, 9.17) is 4.99 Å². The predicted octanol–water partition coefficient (Wildman–Crippen LogP) is 5.76. The first-order valence-electron chi connectivity index (χ1n) is 8.48. The third kappa shape index (κ3) is 3.31. The van der Waals surface area contributed by atoms with E-state index in [1.807, 2.05) is 0 Å². The van der Waals surface area contributed by atoms with E-state index in [0.717, 1.165) is 5.92 Å². The number of fused-ring (bicyclic) bond motifs is 4. The molecule has 0 N–H and O–H groups in total. The molecule has 3 rings (SSSR count). The lowest BCUT2D eigenvalue weighted by molar-refractivity contribution is 0.430. The molecule has 20 heavy (non-hydrogen) atoms. The maximum atomic E-state index is 5.08. The molecule has 1 nitrogen and oxygen atoms in total. The average Bonchev–Trinajstić information content (AvgIpc) is 2.45. The molecular weight excluding hydrogens is 242 g/mol. The second-order valence-corrected chi connectivity index (χ2v) is 6.68. The van der Waals surface area contributed by atoms with Crippen LogP contribution in [0.5, 0.6) is 0 Å². The fourth-order valence-corrected chi connectivity index (χ4v) is 3.76. The summed E-state index contributed by atoms with van der Waals surface area (Å²) in [6.45, 7) is 2.22. The number of hydrogen-bond donors (Lipinski definition) is 0. The monoisotopic (exact) mass is 269 g/mol. The van der Waals surface area contributed by atoms with Crippen LogP contribution in [0.1, 0.15) is 68.9 Å². The number of para-hydroxylation sites is 1. The quantitative estimate of drug-likeness (QED) is 0.567. The second-order valence-electron chi connectivity index (χ2n) is 6.68. The third-order valence-electron chi connectivity index (χ3n) is 5.02. The molecule has 1 fully saturated rings. The van der Waals surface area contributed by atoms with Gasteiger partial charge in [-0.25, -0.2) is 0 Å². The van der Waals surface area contributed by atoms with Gasteiger partial charge in [0, 0.05) is 5.71 Å². The predicted molar refractivity (Wildman–Crippen MR) is 87.0 cm³/mol. The maximum Gasteiger partial charge on any atom is 0.0690 e. The number of rotatable bonds is 0. The minimum atomic E-state index is 0.874. The molecule has 0 saturated heterocycles. The molecule has 1 aliphatic carbocycles. The van der Waals surface area contributed by atoms with Gasteiger partial charge in [0.2, 0.25) is 0 Å². The lowest BCUT2D eigenvalue weighted by Crippen LogP contribution is -2.11. The molecule has 108 valence electrons. The van der Waals surface area contributed by atoms with Gasteiger partial charge in [-0.15, -0.1) is 0 Å². The zero-order valence-corrected chi connectivity index (χ0v) is 12.8. The van der Waals surface area contributed by atoms with Crippen molar-refractivity contribution in [2.45, 2.75) is 71.1 Å². The molecule has 1 aromatic carbocycles. The van der Waals surface area contributed by atoms with E-state index in [2.05, 4.69) is 25.1 Å². The second kappa shape index (κ2) is 6.56. The van der Waals surface area contributed by atoms with Crippen LogP contribution < -0.4 is 0 Å². The van der Waals surface area contributed by atoms with Crippen LogP contribution in [0, 0.1) is 12.8 Å². The van der Waals surface area contributed by atoms with E-state index >= 15 is 0 Å². The summed E-state index contributed by atoms with van der Waals surface area (Å²) in [4.78, 5) is 5.08. The molecule has 1 heterocycles. The van der Waals surface area contributed by atoms with Crippen molar-refractivity contribution in [2.75, 3.05) is 0 Å². The van der Waals surface area contributed by atoms with Crippen LogP contribution in [0.25, 0.3) is 0 Å². The fraction of sp³-hybridized carbons (Fsp3) is 0.632. The van der Waals surface area contributed by atoms with Crippen LogP contribution >= 0.6 is 0 Å². The van der Waals surface area contributed by atoms with Gasteiger partial charge in [-0.05, 0) is 56.1 Å². The van der Waals surface area contributed by atoms with E-state index in [0.29, 0.717) is 0 Å². The number of aryl methyl sites for hydroxylation is 1. The SMILES string of the molecule is Cc1cccc2c1/N=C1/CCCCCCCC(CC1)C2. The summed E-state index contributed by atoms with van der Waals surface area (Å²) >= 11 is 0. The summed E-state index contributed by atoms with van der Waals surface area (Å²) in [5, 5.41) is 0. The van der Waals surface area contributed by atoms with Crippen LogP contribution in [0.2, 0.25) is 0 Å². The normalized spacial score (nSPS) is 26.6. The molecule has 1 heteroatoms. The highest BCUT2D eigenvalue weighted by Crippen LogP contribution is 2.33. The number of hydrogen-bond acceptors (Lipinski definition) is 1. The summed E-state index contributed by atoms with van der Waals surface area (Å²) in [6, 6.07) is 6.73. The lowest BCUT2D eigenvalue weighted by Gasteiger charge is -2.22. The Morgan fingerprint density at radius 1 is 0.950 bits per heavy atom. The molecule has 0 spiro atoms. The van der Waals surface area contributed by atoms with Gasteiger partial charge in [-0.1, -0.05) is 50.3 Å². The van der Waals surface area contributed by atoms with Gasteiger partial charge >= 0.3 is 0 Å². The molecule has 1 aliphatic heterocycles. The van der Waals surface area contributed by atoms with Crippen LogP contribution in [0.3, 0.4) is 0 Å². The highest BCUT2D eigenvalue weighted by molar-refractivity contribution is 5.88. The van der Waals surface area contributed by atoms with Crippen molar-refractivity contribution in [1.29, 1.82) is 0 Å². The van der Waals surface area contributed by atoms with Crippen molar-refractivity contribution in [1.82, 2.24) is 0 Å². The minimum absolute atomic E-state index is 0.874. The van der Waals surface area contributed by atoms with E-state index in [-0.39, 0.29) is 0 Å². The van der Waals surface area contributed by atoms with Gasteiger partial charge in [-0.3, -0.25) is 4.99 Å².